The van der Waals surface area contributed by atoms with Crippen LogP contribution in [-0.4, -0.2) is 6.04 Å². The molecule has 0 spiro atoms. The van der Waals surface area contributed by atoms with E-state index >= 15 is 0 Å². The Balaban J connectivity index is 2.47. The third-order valence-corrected chi connectivity index (χ3v) is 2.70. The lowest BCUT2D eigenvalue weighted by atomic mass is 9.98. The van der Waals surface area contributed by atoms with Crippen molar-refractivity contribution in [3.8, 4) is 0 Å². The summed E-state index contributed by atoms with van der Waals surface area (Å²) in [4.78, 5) is 0. The van der Waals surface area contributed by atoms with Crippen LogP contribution in [0.1, 0.15) is 25.3 Å². The first kappa shape index (κ1) is 7.47. The molecule has 0 bridgehead atoms. The Kier molecular flexibility index (Phi) is 1.50. The largest absolute Gasteiger partial charge is 0.399 e. The lowest BCUT2D eigenvalue weighted by molar-refractivity contribution is 0.690. The number of nitrogens with one attached hydrogen (secondary N) is 1. The molecule has 1 heterocycles. The average molecular weight is 162 g/mol. The Morgan fingerprint density at radius 3 is 2.83 bits per heavy atom. The summed E-state index contributed by atoms with van der Waals surface area (Å²) in [6.07, 6.45) is 0. The minimum Gasteiger partial charge on any atom is -0.399 e. The second-order valence-electron chi connectivity index (χ2n) is 3.57. The van der Waals surface area contributed by atoms with Crippen molar-refractivity contribution in [2.45, 2.75) is 25.8 Å². The van der Waals surface area contributed by atoms with E-state index in [9.17, 15) is 0 Å². The van der Waals surface area contributed by atoms with Crippen molar-refractivity contribution in [3.05, 3.63) is 23.8 Å². The molecule has 0 unspecified atom stereocenters. The van der Waals surface area contributed by atoms with Gasteiger partial charge in [-0.2, -0.15) is 0 Å². The van der Waals surface area contributed by atoms with Gasteiger partial charge in [-0.1, -0.05) is 13.0 Å². The number of nitrogen functional groups attached to an aromatic ring is 1. The number of anilines is 2. The van der Waals surface area contributed by atoms with Crippen LogP contribution in [0.3, 0.4) is 0 Å². The Bertz CT molecular complexity index is 307. The third kappa shape index (κ3) is 0.951. The van der Waals surface area contributed by atoms with E-state index in [-0.39, 0.29) is 0 Å². The molecule has 0 aromatic heterocycles. The van der Waals surface area contributed by atoms with Crippen LogP contribution in [0.15, 0.2) is 18.2 Å². The van der Waals surface area contributed by atoms with Crippen LogP contribution in [-0.2, 0) is 0 Å². The topological polar surface area (TPSA) is 38.0 Å². The van der Waals surface area contributed by atoms with E-state index in [1.165, 1.54) is 11.3 Å². The molecule has 0 amide bonds. The molecule has 0 saturated heterocycles. The van der Waals surface area contributed by atoms with Crippen molar-refractivity contribution in [2.24, 2.45) is 0 Å². The Morgan fingerprint density at radius 1 is 1.33 bits per heavy atom. The van der Waals surface area contributed by atoms with Gasteiger partial charge in [-0.05, 0) is 24.6 Å². The number of hydrogen-bond acceptors (Lipinski definition) is 2. The molecule has 64 valence electrons. The summed E-state index contributed by atoms with van der Waals surface area (Å²) < 4.78 is 0. The molecule has 1 aromatic rings. The zero-order chi connectivity index (χ0) is 8.72. The molecule has 2 rings (SSSR count). The first-order valence-electron chi connectivity index (χ1n) is 4.34. The molecule has 2 nitrogen and oxygen atoms in total. The maximum atomic E-state index is 5.68. The van der Waals surface area contributed by atoms with E-state index in [2.05, 4.69) is 25.2 Å². The number of nitrogens with two attached hydrogens (primary N) is 1. The van der Waals surface area contributed by atoms with Crippen LogP contribution in [0.25, 0.3) is 0 Å². The van der Waals surface area contributed by atoms with Crippen molar-refractivity contribution in [3.63, 3.8) is 0 Å². The highest BCUT2D eigenvalue weighted by Gasteiger charge is 2.24. The van der Waals surface area contributed by atoms with Crippen LogP contribution in [0, 0.1) is 0 Å². The predicted octanol–water partition coefficient (Wildman–Crippen LogP) is 2.19. The van der Waals surface area contributed by atoms with Crippen molar-refractivity contribution in [1.82, 2.24) is 0 Å². The molecule has 2 heteroatoms. The molecule has 0 saturated carbocycles. The van der Waals surface area contributed by atoms with Gasteiger partial charge in [-0.25, -0.2) is 0 Å². The molecule has 3 N–H and O–H groups in total. The highest BCUT2D eigenvalue weighted by atomic mass is 15.0. The Hall–Kier alpha value is -1.18. The summed E-state index contributed by atoms with van der Waals surface area (Å²) in [7, 11) is 0. The van der Waals surface area contributed by atoms with Crippen LogP contribution in [0.2, 0.25) is 0 Å². The van der Waals surface area contributed by atoms with E-state index < -0.39 is 0 Å². The van der Waals surface area contributed by atoms with Gasteiger partial charge in [0.15, 0.2) is 0 Å². The minimum atomic E-state index is 0.529. The fourth-order valence-corrected chi connectivity index (χ4v) is 1.74. The van der Waals surface area contributed by atoms with E-state index in [1.54, 1.807) is 0 Å². The van der Waals surface area contributed by atoms with Crippen LogP contribution in [0.5, 0.6) is 0 Å². The van der Waals surface area contributed by atoms with Crippen molar-refractivity contribution in [2.75, 3.05) is 11.1 Å². The molecular weight excluding hydrogens is 148 g/mol. The second kappa shape index (κ2) is 2.41. The third-order valence-electron chi connectivity index (χ3n) is 2.70. The number of hydrogen-bond donors (Lipinski definition) is 2. The fraction of sp³-hybridized carbons (Fsp3) is 0.400. The van der Waals surface area contributed by atoms with E-state index in [0.29, 0.717) is 12.0 Å². The fourth-order valence-electron chi connectivity index (χ4n) is 1.74. The van der Waals surface area contributed by atoms with Gasteiger partial charge >= 0.3 is 0 Å². The summed E-state index contributed by atoms with van der Waals surface area (Å²) in [5, 5.41) is 3.41. The SMILES string of the molecule is C[C@@H]1Nc2cc(N)ccc2[C@@H]1C. The first-order chi connectivity index (χ1) is 5.68. The molecule has 1 aliphatic heterocycles. The van der Waals surface area contributed by atoms with Crippen molar-refractivity contribution >= 4 is 11.4 Å². The molecule has 0 aliphatic carbocycles. The van der Waals surface area contributed by atoms with Gasteiger partial charge in [-0.15, -0.1) is 0 Å². The summed E-state index contributed by atoms with van der Waals surface area (Å²) in [6, 6.07) is 6.62. The molecular formula is C10H14N2. The van der Waals surface area contributed by atoms with E-state index in [4.69, 9.17) is 5.73 Å². The number of fused-ring (bicyclic) bond motifs is 1. The van der Waals surface area contributed by atoms with Gasteiger partial charge in [0.05, 0.1) is 0 Å². The molecule has 2 atom stereocenters. The molecule has 1 aliphatic rings. The predicted molar refractivity (Wildman–Crippen MR) is 52.4 cm³/mol. The van der Waals surface area contributed by atoms with Gasteiger partial charge in [0.2, 0.25) is 0 Å². The highest BCUT2D eigenvalue weighted by molar-refractivity contribution is 5.64. The Labute approximate surface area is 72.8 Å². The molecule has 1 aromatic carbocycles. The van der Waals surface area contributed by atoms with Gasteiger partial charge in [-0.3, -0.25) is 0 Å². The summed E-state index contributed by atoms with van der Waals surface area (Å²) >= 11 is 0. The molecule has 12 heavy (non-hydrogen) atoms. The Morgan fingerprint density at radius 2 is 2.08 bits per heavy atom. The lowest BCUT2D eigenvalue weighted by Crippen LogP contribution is -2.12. The maximum absolute atomic E-state index is 5.68. The summed E-state index contributed by atoms with van der Waals surface area (Å²) in [6.45, 7) is 4.43. The van der Waals surface area contributed by atoms with Crippen molar-refractivity contribution < 1.29 is 0 Å². The lowest BCUT2D eigenvalue weighted by Gasteiger charge is -2.08. The van der Waals surface area contributed by atoms with Gasteiger partial charge in [0.1, 0.15) is 0 Å². The molecule has 0 radical (unpaired) electrons. The second-order valence-corrected chi connectivity index (χ2v) is 3.57. The van der Waals surface area contributed by atoms with Crippen LogP contribution in [0.4, 0.5) is 11.4 Å². The average Bonchev–Trinajstić information content (AvgIpc) is 2.28. The van der Waals surface area contributed by atoms with Crippen molar-refractivity contribution in [1.29, 1.82) is 0 Å². The zero-order valence-electron chi connectivity index (χ0n) is 7.46. The van der Waals surface area contributed by atoms with Gasteiger partial charge < -0.3 is 11.1 Å². The molecule has 0 fully saturated rings. The smallest absolute Gasteiger partial charge is 0.0399 e. The normalized spacial score (nSPS) is 26.5. The standard InChI is InChI=1S/C10H14N2/c1-6-7(2)12-10-5-8(11)3-4-9(6)10/h3-7,12H,11H2,1-2H3/t6-,7+/m1/s1. The van der Waals surface area contributed by atoms with Gasteiger partial charge in [0, 0.05) is 23.3 Å². The minimum absolute atomic E-state index is 0.529. The zero-order valence-corrected chi connectivity index (χ0v) is 7.46. The number of rotatable bonds is 0. The van der Waals surface area contributed by atoms with Gasteiger partial charge in [0.25, 0.3) is 0 Å². The summed E-state index contributed by atoms with van der Waals surface area (Å²) in [5.74, 6) is 0.598. The quantitative estimate of drug-likeness (QED) is 0.574. The monoisotopic (exact) mass is 162 g/mol. The maximum Gasteiger partial charge on any atom is 0.0399 e. The van der Waals surface area contributed by atoms with Crippen LogP contribution >= 0.6 is 0 Å². The van der Waals surface area contributed by atoms with E-state index in [0.717, 1.165) is 5.69 Å². The first-order valence-corrected chi connectivity index (χ1v) is 4.34. The number of benzene rings is 1. The summed E-state index contributed by atoms with van der Waals surface area (Å²) in [5.41, 5.74) is 9.11. The van der Waals surface area contributed by atoms with E-state index in [1.807, 2.05) is 12.1 Å². The highest BCUT2D eigenvalue weighted by Crippen LogP contribution is 2.36. The van der Waals surface area contributed by atoms with Crippen LogP contribution < -0.4 is 11.1 Å².